The average molecular weight is 319 g/mol. The van der Waals surface area contributed by atoms with E-state index in [0.29, 0.717) is 16.6 Å². The summed E-state index contributed by atoms with van der Waals surface area (Å²) in [6.07, 6.45) is 2.00. The summed E-state index contributed by atoms with van der Waals surface area (Å²) in [5.74, 6) is -0.0848. The van der Waals surface area contributed by atoms with Crippen molar-refractivity contribution in [2.75, 3.05) is 11.5 Å². The van der Waals surface area contributed by atoms with Gasteiger partial charge in [0.05, 0.1) is 11.5 Å². The number of pyridine rings is 1. The van der Waals surface area contributed by atoms with Crippen LogP contribution in [0.1, 0.15) is 16.8 Å². The van der Waals surface area contributed by atoms with E-state index in [-0.39, 0.29) is 23.5 Å². The number of rotatable bonds is 2. The van der Waals surface area contributed by atoms with Gasteiger partial charge in [-0.25, -0.2) is 13.4 Å². The van der Waals surface area contributed by atoms with Crippen LogP contribution in [0.4, 0.5) is 0 Å². The highest BCUT2D eigenvalue weighted by atomic mass is 79.9. The molecule has 92 valence electrons. The molecule has 7 heteroatoms. The molecule has 2 rings (SSSR count). The molecule has 2 heterocycles. The fourth-order valence-electron chi connectivity index (χ4n) is 1.72. The molecule has 1 atom stereocenters. The first-order chi connectivity index (χ1) is 7.96. The summed E-state index contributed by atoms with van der Waals surface area (Å²) in [5.41, 5.74) is 0.469. The predicted octanol–water partition coefficient (Wildman–Crippen LogP) is 0.761. The van der Waals surface area contributed by atoms with Gasteiger partial charge in [0.15, 0.2) is 9.84 Å². The number of nitrogens with zero attached hydrogens (tertiary/aromatic N) is 1. The van der Waals surface area contributed by atoms with Gasteiger partial charge in [0.2, 0.25) is 0 Å². The van der Waals surface area contributed by atoms with E-state index in [1.165, 1.54) is 6.20 Å². The summed E-state index contributed by atoms with van der Waals surface area (Å²) in [7, 11) is -2.97. The zero-order valence-electron chi connectivity index (χ0n) is 8.89. The van der Waals surface area contributed by atoms with E-state index in [4.69, 9.17) is 0 Å². The first-order valence-electron chi connectivity index (χ1n) is 5.09. The molecule has 17 heavy (non-hydrogen) atoms. The number of amides is 1. The Hall–Kier alpha value is -0.950. The summed E-state index contributed by atoms with van der Waals surface area (Å²) in [4.78, 5) is 15.7. The molecular weight excluding hydrogens is 308 g/mol. The number of sulfone groups is 1. The van der Waals surface area contributed by atoms with E-state index in [2.05, 4.69) is 26.2 Å². The number of hydrogen-bond acceptors (Lipinski definition) is 4. The van der Waals surface area contributed by atoms with Gasteiger partial charge in [0.1, 0.15) is 4.60 Å². The summed E-state index contributed by atoms with van der Waals surface area (Å²) in [5, 5.41) is 2.71. The van der Waals surface area contributed by atoms with Gasteiger partial charge in [0, 0.05) is 17.8 Å². The molecule has 1 aromatic rings. The Morgan fingerprint density at radius 2 is 2.29 bits per heavy atom. The minimum atomic E-state index is -2.97. The summed E-state index contributed by atoms with van der Waals surface area (Å²) in [6, 6.07) is 2.90. The minimum absolute atomic E-state index is 0.0327. The molecule has 0 spiro atoms. The molecule has 0 saturated carbocycles. The van der Waals surface area contributed by atoms with Crippen molar-refractivity contribution in [1.82, 2.24) is 10.3 Å². The largest absolute Gasteiger partial charge is 0.348 e. The van der Waals surface area contributed by atoms with E-state index < -0.39 is 9.84 Å². The Morgan fingerprint density at radius 3 is 2.88 bits per heavy atom. The molecule has 1 amide bonds. The minimum Gasteiger partial charge on any atom is -0.348 e. The lowest BCUT2D eigenvalue weighted by atomic mass is 10.2. The third-order valence-corrected chi connectivity index (χ3v) is 4.76. The van der Waals surface area contributed by atoms with Crippen LogP contribution < -0.4 is 5.32 Å². The molecule has 1 aliphatic heterocycles. The van der Waals surface area contributed by atoms with Crippen LogP contribution in [0.2, 0.25) is 0 Å². The second kappa shape index (κ2) is 4.73. The first-order valence-corrected chi connectivity index (χ1v) is 7.70. The Labute approximate surface area is 108 Å². The number of carbonyl (C=O) groups is 1. The molecule has 1 saturated heterocycles. The Balaban J connectivity index is 2.03. The maximum absolute atomic E-state index is 11.8. The van der Waals surface area contributed by atoms with Crippen molar-refractivity contribution in [3.05, 3.63) is 28.5 Å². The van der Waals surface area contributed by atoms with Gasteiger partial charge in [-0.3, -0.25) is 4.79 Å². The van der Waals surface area contributed by atoms with Crippen molar-refractivity contribution in [2.24, 2.45) is 0 Å². The van der Waals surface area contributed by atoms with Crippen LogP contribution in [0.3, 0.4) is 0 Å². The topological polar surface area (TPSA) is 76.1 Å². The lowest BCUT2D eigenvalue weighted by molar-refractivity contribution is 0.0941. The average Bonchev–Trinajstić information content (AvgIpc) is 2.58. The molecule has 0 aromatic carbocycles. The van der Waals surface area contributed by atoms with Crippen molar-refractivity contribution in [3.63, 3.8) is 0 Å². The van der Waals surface area contributed by atoms with Gasteiger partial charge >= 0.3 is 0 Å². The van der Waals surface area contributed by atoms with Crippen molar-refractivity contribution in [3.8, 4) is 0 Å². The van der Waals surface area contributed by atoms with Crippen LogP contribution in [0.25, 0.3) is 0 Å². The molecule has 1 unspecified atom stereocenters. The van der Waals surface area contributed by atoms with E-state index in [0.717, 1.165) is 0 Å². The van der Waals surface area contributed by atoms with Crippen molar-refractivity contribution in [2.45, 2.75) is 12.5 Å². The number of nitrogens with one attached hydrogen (secondary N) is 1. The van der Waals surface area contributed by atoms with Gasteiger partial charge < -0.3 is 5.32 Å². The fourth-order valence-corrected chi connectivity index (χ4v) is 3.76. The molecule has 1 aliphatic rings. The Morgan fingerprint density at radius 1 is 1.53 bits per heavy atom. The molecule has 1 fully saturated rings. The van der Waals surface area contributed by atoms with Crippen LogP contribution in [0, 0.1) is 0 Å². The van der Waals surface area contributed by atoms with E-state index in [1.54, 1.807) is 12.1 Å². The summed E-state index contributed by atoms with van der Waals surface area (Å²) in [6.45, 7) is 0. The Kier molecular flexibility index (Phi) is 3.48. The second-order valence-electron chi connectivity index (χ2n) is 3.94. The number of aromatic nitrogens is 1. The molecular formula is C10H11BrN2O3S. The molecule has 1 N–H and O–H groups in total. The maximum Gasteiger partial charge on any atom is 0.251 e. The zero-order valence-corrected chi connectivity index (χ0v) is 11.3. The normalized spacial score (nSPS) is 22.3. The maximum atomic E-state index is 11.8. The first kappa shape index (κ1) is 12.5. The summed E-state index contributed by atoms with van der Waals surface area (Å²) < 4.78 is 23.1. The van der Waals surface area contributed by atoms with Gasteiger partial charge in [-0.05, 0) is 34.5 Å². The van der Waals surface area contributed by atoms with Crippen LogP contribution in [0.5, 0.6) is 0 Å². The Bertz CT molecular complexity index is 544. The van der Waals surface area contributed by atoms with Crippen LogP contribution >= 0.6 is 15.9 Å². The lowest BCUT2D eigenvalue weighted by Crippen LogP contribution is -2.35. The standard InChI is InChI=1S/C10H11BrN2O3S/c11-9-5-7(1-3-12-9)10(14)13-8-2-4-17(15,16)6-8/h1,3,5,8H,2,4,6H2,(H,13,14). The SMILES string of the molecule is O=C(NC1CCS(=O)(=O)C1)c1ccnc(Br)c1. The lowest BCUT2D eigenvalue weighted by Gasteiger charge is -2.10. The van der Waals surface area contributed by atoms with Gasteiger partial charge in [-0.1, -0.05) is 0 Å². The van der Waals surface area contributed by atoms with Gasteiger partial charge in [0.25, 0.3) is 5.91 Å². The molecule has 0 radical (unpaired) electrons. The highest BCUT2D eigenvalue weighted by molar-refractivity contribution is 9.10. The van der Waals surface area contributed by atoms with E-state index in [9.17, 15) is 13.2 Å². The molecule has 1 aromatic heterocycles. The predicted molar refractivity (Wildman–Crippen MR) is 66.5 cm³/mol. The van der Waals surface area contributed by atoms with Crippen molar-refractivity contribution >= 4 is 31.7 Å². The highest BCUT2D eigenvalue weighted by Crippen LogP contribution is 2.13. The quantitative estimate of drug-likeness (QED) is 0.817. The van der Waals surface area contributed by atoms with Crippen molar-refractivity contribution < 1.29 is 13.2 Å². The number of carbonyl (C=O) groups excluding carboxylic acids is 1. The molecule has 0 aliphatic carbocycles. The van der Waals surface area contributed by atoms with Crippen molar-refractivity contribution in [1.29, 1.82) is 0 Å². The summed E-state index contributed by atoms with van der Waals surface area (Å²) >= 11 is 3.17. The van der Waals surface area contributed by atoms with E-state index >= 15 is 0 Å². The zero-order chi connectivity index (χ0) is 12.5. The van der Waals surface area contributed by atoms with Crippen LogP contribution in [-0.4, -0.2) is 36.9 Å². The van der Waals surface area contributed by atoms with Gasteiger partial charge in [-0.15, -0.1) is 0 Å². The number of hydrogen-bond donors (Lipinski definition) is 1. The van der Waals surface area contributed by atoms with Crippen LogP contribution in [0.15, 0.2) is 22.9 Å². The highest BCUT2D eigenvalue weighted by Gasteiger charge is 2.29. The smallest absolute Gasteiger partial charge is 0.251 e. The number of halogens is 1. The third kappa shape index (κ3) is 3.26. The second-order valence-corrected chi connectivity index (χ2v) is 6.98. The molecule has 5 nitrogen and oxygen atoms in total. The van der Waals surface area contributed by atoms with E-state index in [1.807, 2.05) is 0 Å². The molecule has 0 bridgehead atoms. The third-order valence-electron chi connectivity index (χ3n) is 2.56. The van der Waals surface area contributed by atoms with Crippen LogP contribution in [-0.2, 0) is 9.84 Å². The fraction of sp³-hybridized carbons (Fsp3) is 0.400. The van der Waals surface area contributed by atoms with Gasteiger partial charge in [-0.2, -0.15) is 0 Å². The monoisotopic (exact) mass is 318 g/mol.